The van der Waals surface area contributed by atoms with Crippen LogP contribution in [0.25, 0.3) is 0 Å². The van der Waals surface area contributed by atoms with Crippen molar-refractivity contribution in [3.63, 3.8) is 0 Å². The summed E-state index contributed by atoms with van der Waals surface area (Å²) < 4.78 is 16.4. The fourth-order valence-electron chi connectivity index (χ4n) is 1.92. The Morgan fingerprint density at radius 2 is 1.87 bits per heavy atom. The Labute approximate surface area is 134 Å². The third-order valence-corrected chi connectivity index (χ3v) is 3.20. The van der Waals surface area contributed by atoms with Crippen LogP contribution in [0.1, 0.15) is 13.0 Å². The minimum atomic E-state index is -0.455. The second-order valence-corrected chi connectivity index (χ2v) is 4.93. The van der Waals surface area contributed by atoms with Gasteiger partial charge in [0.15, 0.2) is 11.5 Å². The molecule has 23 heavy (non-hydrogen) atoms. The molecule has 2 aromatic carbocycles. The van der Waals surface area contributed by atoms with E-state index in [1.165, 1.54) is 12.1 Å². The molecule has 2 aromatic rings. The van der Waals surface area contributed by atoms with Gasteiger partial charge < -0.3 is 14.2 Å². The minimum Gasteiger partial charge on any atom is -0.487 e. The zero-order valence-corrected chi connectivity index (χ0v) is 11.8. The van der Waals surface area contributed by atoms with Crippen molar-refractivity contribution in [1.82, 2.24) is 0 Å². The highest BCUT2D eigenvalue weighted by molar-refractivity contribution is 5.48. The van der Waals surface area contributed by atoms with Gasteiger partial charge in [-0.25, -0.2) is 0 Å². The predicted octanol–water partition coefficient (Wildman–Crippen LogP) is 3.59. The molecule has 1 aliphatic heterocycles. The van der Waals surface area contributed by atoms with Crippen LogP contribution in [0.2, 0.25) is 0 Å². The summed E-state index contributed by atoms with van der Waals surface area (Å²) in [7, 11) is 0. The lowest BCUT2D eigenvalue weighted by atomic mass is 10.2. The standard InChI is InChI=1S/C16H15NO5.CH4/c18-17(19)13-6-7-15(22-11-14-10-20-14)16(8-13)21-9-12-4-2-1-3-5-12;/h1-8,14H,9-11H2;1H4. The van der Waals surface area contributed by atoms with Crippen LogP contribution >= 0.6 is 0 Å². The topological polar surface area (TPSA) is 74.1 Å². The van der Waals surface area contributed by atoms with Gasteiger partial charge in [0.1, 0.15) is 19.3 Å². The number of nitrogens with zero attached hydrogens (tertiary/aromatic N) is 1. The van der Waals surface area contributed by atoms with Gasteiger partial charge in [0.25, 0.3) is 5.69 Å². The quantitative estimate of drug-likeness (QED) is 0.443. The van der Waals surface area contributed by atoms with Crippen LogP contribution in [0.15, 0.2) is 48.5 Å². The molecule has 3 rings (SSSR count). The van der Waals surface area contributed by atoms with E-state index in [9.17, 15) is 10.1 Å². The lowest BCUT2D eigenvalue weighted by molar-refractivity contribution is -0.385. The summed E-state index contributed by atoms with van der Waals surface area (Å²) in [6.45, 7) is 1.42. The third-order valence-electron chi connectivity index (χ3n) is 3.20. The Morgan fingerprint density at radius 1 is 1.13 bits per heavy atom. The highest BCUT2D eigenvalue weighted by Crippen LogP contribution is 2.32. The van der Waals surface area contributed by atoms with E-state index >= 15 is 0 Å². The molecule has 6 nitrogen and oxygen atoms in total. The van der Waals surface area contributed by atoms with Crippen molar-refractivity contribution < 1.29 is 19.1 Å². The summed E-state index contributed by atoms with van der Waals surface area (Å²) in [5.74, 6) is 0.843. The molecular formula is C17H19NO5. The van der Waals surface area contributed by atoms with Crippen LogP contribution in [0.4, 0.5) is 5.69 Å². The molecule has 1 atom stereocenters. The summed E-state index contributed by atoms with van der Waals surface area (Å²) >= 11 is 0. The smallest absolute Gasteiger partial charge is 0.273 e. The molecule has 0 amide bonds. The van der Waals surface area contributed by atoms with Crippen LogP contribution in [0, 0.1) is 10.1 Å². The summed E-state index contributed by atoms with van der Waals surface area (Å²) in [4.78, 5) is 10.4. The summed E-state index contributed by atoms with van der Waals surface area (Å²) in [6, 6.07) is 13.9. The van der Waals surface area contributed by atoms with Crippen molar-refractivity contribution in [3.8, 4) is 11.5 Å². The molecule has 1 fully saturated rings. The first-order chi connectivity index (χ1) is 10.7. The molecule has 0 bridgehead atoms. The Balaban J connectivity index is 0.00000192. The number of epoxide rings is 1. The molecule has 0 N–H and O–H groups in total. The highest BCUT2D eigenvalue weighted by Gasteiger charge is 2.24. The van der Waals surface area contributed by atoms with Crippen LogP contribution in [-0.4, -0.2) is 24.2 Å². The zero-order chi connectivity index (χ0) is 15.4. The van der Waals surface area contributed by atoms with Crippen LogP contribution in [0.3, 0.4) is 0 Å². The summed E-state index contributed by atoms with van der Waals surface area (Å²) in [5.41, 5.74) is 0.948. The van der Waals surface area contributed by atoms with Gasteiger partial charge in [0.05, 0.1) is 17.6 Å². The monoisotopic (exact) mass is 317 g/mol. The van der Waals surface area contributed by atoms with E-state index in [2.05, 4.69) is 0 Å². The van der Waals surface area contributed by atoms with Gasteiger partial charge in [-0.1, -0.05) is 37.8 Å². The number of nitro benzene ring substituents is 1. The van der Waals surface area contributed by atoms with Gasteiger partial charge in [-0.15, -0.1) is 0 Å². The molecule has 0 spiro atoms. The molecule has 0 saturated carbocycles. The summed E-state index contributed by atoms with van der Waals surface area (Å²) in [5, 5.41) is 10.9. The maximum atomic E-state index is 10.9. The third kappa shape index (κ3) is 4.69. The molecule has 1 unspecified atom stereocenters. The average molecular weight is 317 g/mol. The largest absolute Gasteiger partial charge is 0.487 e. The molecule has 1 saturated heterocycles. The van der Waals surface area contributed by atoms with Gasteiger partial charge in [-0.3, -0.25) is 10.1 Å². The zero-order valence-electron chi connectivity index (χ0n) is 11.8. The van der Waals surface area contributed by atoms with Gasteiger partial charge >= 0.3 is 0 Å². The molecule has 0 aromatic heterocycles. The lowest BCUT2D eigenvalue weighted by Crippen LogP contribution is -2.06. The molecule has 122 valence electrons. The first-order valence-corrected chi connectivity index (χ1v) is 6.92. The fourth-order valence-corrected chi connectivity index (χ4v) is 1.92. The Morgan fingerprint density at radius 3 is 2.52 bits per heavy atom. The van der Waals surface area contributed by atoms with Gasteiger partial charge in [0.2, 0.25) is 0 Å². The molecule has 1 aliphatic rings. The molecule has 0 radical (unpaired) electrons. The van der Waals surface area contributed by atoms with E-state index in [1.807, 2.05) is 30.3 Å². The van der Waals surface area contributed by atoms with Crippen molar-refractivity contribution in [1.29, 1.82) is 0 Å². The van der Waals surface area contributed by atoms with Gasteiger partial charge in [0, 0.05) is 6.07 Å². The van der Waals surface area contributed by atoms with E-state index in [4.69, 9.17) is 14.2 Å². The van der Waals surface area contributed by atoms with E-state index in [1.54, 1.807) is 6.07 Å². The Hall–Kier alpha value is -2.60. The average Bonchev–Trinajstić information content (AvgIpc) is 3.36. The van der Waals surface area contributed by atoms with E-state index < -0.39 is 4.92 Å². The first-order valence-electron chi connectivity index (χ1n) is 6.92. The maximum absolute atomic E-state index is 10.9. The van der Waals surface area contributed by atoms with Crippen LogP contribution < -0.4 is 9.47 Å². The van der Waals surface area contributed by atoms with Crippen LogP contribution in [-0.2, 0) is 11.3 Å². The second kappa shape index (κ2) is 7.60. The SMILES string of the molecule is C.O=[N+]([O-])c1ccc(OCC2CO2)c(OCc2ccccc2)c1. The van der Waals surface area contributed by atoms with E-state index in [0.29, 0.717) is 31.3 Å². The number of non-ortho nitro benzene ring substituents is 1. The Kier molecular flexibility index (Phi) is 5.54. The van der Waals surface area contributed by atoms with Gasteiger partial charge in [-0.2, -0.15) is 0 Å². The molecular weight excluding hydrogens is 298 g/mol. The number of ether oxygens (including phenoxy) is 3. The van der Waals surface area contributed by atoms with Crippen molar-refractivity contribution in [2.24, 2.45) is 0 Å². The second-order valence-electron chi connectivity index (χ2n) is 4.93. The molecule has 1 heterocycles. The summed E-state index contributed by atoms with van der Waals surface area (Å²) in [6.07, 6.45) is 0.108. The molecule has 0 aliphatic carbocycles. The van der Waals surface area contributed by atoms with E-state index in [0.717, 1.165) is 5.56 Å². The first kappa shape index (κ1) is 16.8. The predicted molar refractivity (Wildman–Crippen MR) is 85.8 cm³/mol. The highest BCUT2D eigenvalue weighted by atomic mass is 16.6. The minimum absolute atomic E-state index is 0. The normalized spacial score (nSPS) is 15.4. The maximum Gasteiger partial charge on any atom is 0.273 e. The number of benzene rings is 2. The number of hydrogen-bond donors (Lipinski definition) is 0. The molecule has 6 heteroatoms. The van der Waals surface area contributed by atoms with Crippen molar-refractivity contribution >= 4 is 5.69 Å². The Bertz CT molecular complexity index is 655. The van der Waals surface area contributed by atoms with Gasteiger partial charge in [-0.05, 0) is 11.6 Å². The van der Waals surface area contributed by atoms with Crippen molar-refractivity contribution in [2.45, 2.75) is 20.1 Å². The van der Waals surface area contributed by atoms with Crippen molar-refractivity contribution in [3.05, 3.63) is 64.2 Å². The van der Waals surface area contributed by atoms with Crippen molar-refractivity contribution in [2.75, 3.05) is 13.2 Å². The van der Waals surface area contributed by atoms with Crippen LogP contribution in [0.5, 0.6) is 11.5 Å². The van der Waals surface area contributed by atoms with E-state index in [-0.39, 0.29) is 19.2 Å². The lowest BCUT2D eigenvalue weighted by Gasteiger charge is -2.12. The number of rotatable bonds is 7. The number of nitro groups is 1. The fraction of sp³-hybridized carbons (Fsp3) is 0.294. The number of hydrogen-bond acceptors (Lipinski definition) is 5.